The Hall–Kier alpha value is -3.50. The summed E-state index contributed by atoms with van der Waals surface area (Å²) in [7, 11) is 0. The van der Waals surface area contributed by atoms with Crippen LogP contribution in [0, 0.1) is 0 Å². The Labute approximate surface area is 164 Å². The van der Waals surface area contributed by atoms with Gasteiger partial charge in [-0.1, -0.05) is 72.8 Å². The van der Waals surface area contributed by atoms with E-state index in [2.05, 4.69) is 52.7 Å². The molecule has 3 nitrogen and oxygen atoms in total. The molecule has 0 aliphatic rings. The summed E-state index contributed by atoms with van der Waals surface area (Å²) in [5.41, 5.74) is 2.07. The van der Waals surface area contributed by atoms with Crippen LogP contribution in [0.1, 0.15) is 16.1 Å². The molecule has 0 spiro atoms. The van der Waals surface area contributed by atoms with Gasteiger partial charge < -0.3 is 0 Å². The normalized spacial score (nSPS) is 11.7. The highest BCUT2D eigenvalue weighted by atomic mass is 32.1. The van der Waals surface area contributed by atoms with Gasteiger partial charge in [0.1, 0.15) is 5.69 Å². The van der Waals surface area contributed by atoms with Gasteiger partial charge in [-0.25, -0.2) is 0 Å². The minimum Gasteiger partial charge on any atom is -0.287 e. The van der Waals surface area contributed by atoms with E-state index < -0.39 is 0 Å². The van der Waals surface area contributed by atoms with Gasteiger partial charge in [-0.3, -0.25) is 9.89 Å². The van der Waals surface area contributed by atoms with Gasteiger partial charge in [0.2, 0.25) is 5.78 Å². The lowest BCUT2D eigenvalue weighted by Crippen LogP contribution is -2.02. The predicted octanol–water partition coefficient (Wildman–Crippen LogP) is 6.32. The second kappa shape index (κ2) is 5.75. The third-order valence-electron chi connectivity index (χ3n) is 5.31. The fourth-order valence-corrected chi connectivity index (χ4v) is 5.29. The fourth-order valence-electron chi connectivity index (χ4n) is 4.07. The van der Waals surface area contributed by atoms with Crippen LogP contribution in [-0.4, -0.2) is 16.0 Å². The monoisotopic (exact) mass is 378 g/mol. The summed E-state index contributed by atoms with van der Waals surface area (Å²) in [5, 5.41) is 13.2. The molecule has 28 heavy (non-hydrogen) atoms. The molecule has 0 atom stereocenters. The zero-order chi connectivity index (χ0) is 18.7. The summed E-state index contributed by atoms with van der Waals surface area (Å²) in [6.45, 7) is 0. The molecule has 0 unspecified atom stereocenters. The number of hydrogen-bond donors (Lipinski definition) is 1. The fraction of sp³-hybridized carbons (Fsp3) is 0. The molecule has 2 heterocycles. The first-order chi connectivity index (χ1) is 13.8. The third kappa shape index (κ3) is 2.03. The molecule has 4 aromatic carbocycles. The first-order valence-corrected chi connectivity index (χ1v) is 9.94. The lowest BCUT2D eigenvalue weighted by molar-refractivity contribution is 0.103. The first kappa shape index (κ1) is 15.5. The molecule has 0 aliphatic carbocycles. The van der Waals surface area contributed by atoms with Crippen LogP contribution in [0.15, 0.2) is 78.9 Å². The van der Waals surface area contributed by atoms with Crippen LogP contribution in [0.3, 0.4) is 0 Å². The molecule has 0 aliphatic heterocycles. The van der Waals surface area contributed by atoms with Crippen LogP contribution in [-0.2, 0) is 0 Å². The number of aromatic amines is 1. The van der Waals surface area contributed by atoms with E-state index in [0.29, 0.717) is 11.3 Å². The van der Waals surface area contributed by atoms with Crippen molar-refractivity contribution in [2.24, 2.45) is 0 Å². The van der Waals surface area contributed by atoms with Gasteiger partial charge in [0.15, 0.2) is 0 Å². The number of rotatable bonds is 2. The molecular weight excluding hydrogens is 364 g/mol. The zero-order valence-corrected chi connectivity index (χ0v) is 15.6. The van der Waals surface area contributed by atoms with Crippen LogP contribution in [0.25, 0.3) is 41.8 Å². The molecule has 2 aromatic heterocycles. The molecule has 0 radical (unpaired) electrons. The van der Waals surface area contributed by atoms with Gasteiger partial charge in [0.05, 0.1) is 10.2 Å². The molecule has 1 N–H and O–H groups in total. The van der Waals surface area contributed by atoms with E-state index in [4.69, 9.17) is 0 Å². The Morgan fingerprint density at radius 3 is 2.18 bits per heavy atom. The van der Waals surface area contributed by atoms with Gasteiger partial charge in [-0.15, -0.1) is 11.3 Å². The highest BCUT2D eigenvalue weighted by molar-refractivity contribution is 7.26. The van der Waals surface area contributed by atoms with Crippen LogP contribution in [0.5, 0.6) is 0 Å². The van der Waals surface area contributed by atoms with Gasteiger partial charge in [-0.05, 0) is 16.8 Å². The number of fused-ring (bicyclic) bond motifs is 8. The lowest BCUT2D eigenvalue weighted by Gasteiger charge is -2.05. The number of hydrogen-bond acceptors (Lipinski definition) is 3. The number of carbonyl (C=O) groups excluding carboxylic acids is 1. The van der Waals surface area contributed by atoms with Crippen LogP contribution in [0.2, 0.25) is 0 Å². The summed E-state index contributed by atoms with van der Waals surface area (Å²) >= 11 is 1.74. The molecule has 4 heteroatoms. The van der Waals surface area contributed by atoms with E-state index in [9.17, 15) is 4.79 Å². The number of ketones is 1. The number of carbonyl (C=O) groups is 1. The maximum atomic E-state index is 13.2. The van der Waals surface area contributed by atoms with Crippen molar-refractivity contribution in [3.8, 4) is 0 Å². The van der Waals surface area contributed by atoms with E-state index in [1.54, 1.807) is 11.3 Å². The van der Waals surface area contributed by atoms with E-state index in [1.807, 2.05) is 36.4 Å². The van der Waals surface area contributed by atoms with Gasteiger partial charge in [0, 0.05) is 26.4 Å². The van der Waals surface area contributed by atoms with E-state index in [0.717, 1.165) is 26.4 Å². The van der Waals surface area contributed by atoms with Crippen molar-refractivity contribution in [1.82, 2.24) is 10.2 Å². The largest absolute Gasteiger partial charge is 0.287 e. The molecule has 6 aromatic rings. The average molecular weight is 378 g/mol. The quantitative estimate of drug-likeness (QED) is 0.359. The number of nitrogens with one attached hydrogen (secondary N) is 1. The lowest BCUT2D eigenvalue weighted by atomic mass is 9.97. The number of H-pyrrole nitrogens is 1. The van der Waals surface area contributed by atoms with Gasteiger partial charge in [-0.2, -0.15) is 5.10 Å². The number of benzene rings is 4. The van der Waals surface area contributed by atoms with E-state index >= 15 is 0 Å². The Kier molecular flexibility index (Phi) is 3.19. The minimum atomic E-state index is -0.0579. The predicted molar refractivity (Wildman–Crippen MR) is 116 cm³/mol. The molecule has 6 rings (SSSR count). The summed E-state index contributed by atoms with van der Waals surface area (Å²) < 4.78 is 2.38. The zero-order valence-electron chi connectivity index (χ0n) is 14.8. The van der Waals surface area contributed by atoms with Gasteiger partial charge in [0.25, 0.3) is 0 Å². The van der Waals surface area contributed by atoms with E-state index in [-0.39, 0.29) is 5.78 Å². The first-order valence-electron chi connectivity index (χ1n) is 9.12. The topological polar surface area (TPSA) is 45.8 Å². The Morgan fingerprint density at radius 2 is 1.39 bits per heavy atom. The number of thiophene rings is 1. The summed E-state index contributed by atoms with van der Waals surface area (Å²) in [6, 6.07) is 26.1. The number of nitrogens with zero attached hydrogens (tertiary/aromatic N) is 1. The molecule has 0 saturated carbocycles. The molecule has 0 fully saturated rings. The smallest absolute Gasteiger partial charge is 0.213 e. The SMILES string of the molecule is O=C(c1ccccc1)c1n[nH]c2c3sc4ccccc4c3c3ccccc3c12. The third-order valence-corrected chi connectivity index (χ3v) is 6.49. The second-order valence-corrected chi connectivity index (χ2v) is 7.92. The Balaban J connectivity index is 1.80. The molecule has 0 saturated heterocycles. The van der Waals surface area contributed by atoms with Crippen molar-refractivity contribution >= 4 is 59.0 Å². The molecule has 0 bridgehead atoms. The van der Waals surface area contributed by atoms with Crippen molar-refractivity contribution in [2.45, 2.75) is 0 Å². The Morgan fingerprint density at radius 1 is 0.750 bits per heavy atom. The summed E-state index contributed by atoms with van der Waals surface area (Å²) in [4.78, 5) is 13.2. The van der Waals surface area contributed by atoms with Crippen LogP contribution < -0.4 is 0 Å². The maximum absolute atomic E-state index is 13.2. The maximum Gasteiger partial charge on any atom is 0.213 e. The molecule has 0 amide bonds. The highest BCUT2D eigenvalue weighted by Crippen LogP contribution is 2.44. The minimum absolute atomic E-state index is 0.0579. The Bertz CT molecular complexity index is 1520. The van der Waals surface area contributed by atoms with Gasteiger partial charge >= 0.3 is 0 Å². The number of aromatic nitrogens is 2. The van der Waals surface area contributed by atoms with Crippen molar-refractivity contribution < 1.29 is 4.79 Å². The molecule has 132 valence electrons. The average Bonchev–Trinajstić information content (AvgIpc) is 3.36. The van der Waals surface area contributed by atoms with Crippen molar-refractivity contribution in [3.63, 3.8) is 0 Å². The van der Waals surface area contributed by atoms with Crippen LogP contribution >= 0.6 is 11.3 Å². The summed E-state index contributed by atoms with van der Waals surface area (Å²) in [6.07, 6.45) is 0. The van der Waals surface area contributed by atoms with Crippen molar-refractivity contribution in [1.29, 1.82) is 0 Å². The summed E-state index contributed by atoms with van der Waals surface area (Å²) in [5.74, 6) is -0.0579. The highest BCUT2D eigenvalue weighted by Gasteiger charge is 2.22. The molecular formula is C24H14N2OS. The van der Waals surface area contributed by atoms with Crippen LogP contribution in [0.4, 0.5) is 0 Å². The van der Waals surface area contributed by atoms with Crippen molar-refractivity contribution in [2.75, 3.05) is 0 Å². The van der Waals surface area contributed by atoms with Crippen molar-refractivity contribution in [3.05, 3.63) is 90.1 Å². The van der Waals surface area contributed by atoms with E-state index in [1.165, 1.54) is 15.5 Å². The second-order valence-electron chi connectivity index (χ2n) is 6.87. The standard InChI is InChI=1S/C24H14N2OS/c27-23(14-8-2-1-3-9-14)21-20-16-11-5-4-10-15(16)19-17-12-6-7-13-18(17)28-24(19)22(20)26-25-21/h1-13H,(H,25,26).